The summed E-state index contributed by atoms with van der Waals surface area (Å²) in [4.78, 5) is 26.5. The lowest BCUT2D eigenvalue weighted by Crippen LogP contribution is -2.40. The van der Waals surface area contributed by atoms with Gasteiger partial charge in [-0.05, 0) is 30.5 Å². The minimum Gasteiger partial charge on any atom is -0.507 e. The number of carbonyl (C=O) groups is 2. The predicted octanol–water partition coefficient (Wildman–Crippen LogP) is 3.63. The number of benzene rings is 2. The highest BCUT2D eigenvalue weighted by Gasteiger charge is 2.29. The number of likely N-dealkylation sites (tertiary alicyclic amines) is 1. The molecule has 27 heavy (non-hydrogen) atoms. The molecule has 0 spiro atoms. The van der Waals surface area contributed by atoms with E-state index in [4.69, 9.17) is 9.47 Å². The fourth-order valence-electron chi connectivity index (χ4n) is 3.20. The number of methoxy groups -OCH3 is 1. The number of Topliss-reactive ketones (excluding diaryl/α,β-unsaturated/α-hetero) is 1. The first-order valence-corrected chi connectivity index (χ1v) is 8.95. The first-order valence-electron chi connectivity index (χ1n) is 8.95. The van der Waals surface area contributed by atoms with Crippen LogP contribution in [-0.2, 0) is 11.3 Å². The van der Waals surface area contributed by atoms with E-state index in [1.54, 1.807) is 17.0 Å². The van der Waals surface area contributed by atoms with Crippen molar-refractivity contribution in [1.29, 1.82) is 0 Å². The lowest BCUT2D eigenvalue weighted by molar-refractivity contribution is 0.0711. The Morgan fingerprint density at radius 2 is 1.81 bits per heavy atom. The molecule has 0 aromatic heterocycles. The fourth-order valence-corrected chi connectivity index (χ4v) is 3.20. The van der Waals surface area contributed by atoms with Gasteiger partial charge in [-0.25, -0.2) is 4.79 Å². The molecule has 0 bridgehead atoms. The van der Waals surface area contributed by atoms with Gasteiger partial charge in [-0.3, -0.25) is 4.79 Å². The molecular formula is C21H23NO5. The Morgan fingerprint density at radius 1 is 1.11 bits per heavy atom. The van der Waals surface area contributed by atoms with E-state index < -0.39 is 0 Å². The molecule has 2 aromatic carbocycles. The Morgan fingerprint density at radius 3 is 2.44 bits per heavy atom. The van der Waals surface area contributed by atoms with Crippen molar-refractivity contribution in [2.75, 3.05) is 20.2 Å². The quantitative estimate of drug-likeness (QED) is 0.815. The minimum atomic E-state index is -0.364. The van der Waals surface area contributed by atoms with Crippen LogP contribution in [0.4, 0.5) is 4.79 Å². The molecular weight excluding hydrogens is 346 g/mol. The van der Waals surface area contributed by atoms with Crippen LogP contribution in [0.2, 0.25) is 0 Å². The van der Waals surface area contributed by atoms with E-state index in [1.807, 2.05) is 30.3 Å². The summed E-state index contributed by atoms with van der Waals surface area (Å²) in [6, 6.07) is 14.2. The minimum absolute atomic E-state index is 0.0796. The maximum absolute atomic E-state index is 12.7. The molecule has 142 valence electrons. The smallest absolute Gasteiger partial charge is 0.410 e. The van der Waals surface area contributed by atoms with Gasteiger partial charge in [0.05, 0.1) is 12.7 Å². The van der Waals surface area contributed by atoms with Gasteiger partial charge in [-0.15, -0.1) is 0 Å². The summed E-state index contributed by atoms with van der Waals surface area (Å²) in [5.74, 6) is 0.0963. The van der Waals surface area contributed by atoms with Gasteiger partial charge in [0.1, 0.15) is 18.1 Å². The molecule has 6 nitrogen and oxygen atoms in total. The molecule has 2 aromatic rings. The monoisotopic (exact) mass is 369 g/mol. The molecule has 0 radical (unpaired) electrons. The third kappa shape index (κ3) is 4.58. The zero-order valence-corrected chi connectivity index (χ0v) is 15.3. The molecule has 1 N–H and O–H groups in total. The lowest BCUT2D eigenvalue weighted by Gasteiger charge is -2.30. The van der Waals surface area contributed by atoms with Gasteiger partial charge in [0.25, 0.3) is 0 Å². The van der Waals surface area contributed by atoms with Crippen LogP contribution >= 0.6 is 0 Å². The summed E-state index contributed by atoms with van der Waals surface area (Å²) in [6.45, 7) is 1.15. The Balaban J connectivity index is 1.52. The van der Waals surface area contributed by atoms with Crippen molar-refractivity contribution in [3.63, 3.8) is 0 Å². The number of phenolic OH excluding ortho intramolecular Hbond substituents is 1. The second-order valence-electron chi connectivity index (χ2n) is 6.55. The summed E-state index contributed by atoms with van der Waals surface area (Å²) < 4.78 is 10.4. The highest BCUT2D eigenvalue weighted by molar-refractivity contribution is 6.00. The van der Waals surface area contributed by atoms with Gasteiger partial charge in [-0.2, -0.15) is 0 Å². The van der Waals surface area contributed by atoms with Crippen LogP contribution in [-0.4, -0.2) is 42.1 Å². The number of hydrogen-bond donors (Lipinski definition) is 1. The Kier molecular flexibility index (Phi) is 5.96. The highest BCUT2D eigenvalue weighted by atomic mass is 16.6. The third-order valence-corrected chi connectivity index (χ3v) is 4.80. The second kappa shape index (κ2) is 8.58. The lowest BCUT2D eigenvalue weighted by atomic mass is 9.88. The van der Waals surface area contributed by atoms with Crippen LogP contribution < -0.4 is 4.74 Å². The standard InChI is InChI=1S/C21H23NO5/c1-26-17-7-8-18(19(23)13-17)20(24)16-9-11-22(12-10-16)21(25)27-14-15-5-3-2-4-6-15/h2-8,13,16,23H,9-12,14H2,1H3. The number of aromatic hydroxyl groups is 1. The molecule has 0 unspecified atom stereocenters. The fraction of sp³-hybridized carbons (Fsp3) is 0.333. The van der Waals surface area contributed by atoms with Crippen LogP contribution in [0.5, 0.6) is 11.5 Å². The molecule has 1 aliphatic rings. The molecule has 1 saturated heterocycles. The first kappa shape index (κ1) is 18.8. The molecule has 0 aliphatic carbocycles. The van der Waals surface area contributed by atoms with E-state index in [-0.39, 0.29) is 30.2 Å². The van der Waals surface area contributed by atoms with Gasteiger partial charge in [-0.1, -0.05) is 30.3 Å². The predicted molar refractivity (Wildman–Crippen MR) is 99.9 cm³/mol. The molecule has 0 atom stereocenters. The number of carbonyl (C=O) groups excluding carboxylic acids is 2. The van der Waals surface area contributed by atoms with Crippen LogP contribution in [0.3, 0.4) is 0 Å². The third-order valence-electron chi connectivity index (χ3n) is 4.80. The van der Waals surface area contributed by atoms with E-state index in [9.17, 15) is 14.7 Å². The van der Waals surface area contributed by atoms with E-state index in [2.05, 4.69) is 0 Å². The average molecular weight is 369 g/mol. The Bertz CT molecular complexity index is 797. The van der Waals surface area contributed by atoms with E-state index >= 15 is 0 Å². The van der Waals surface area contributed by atoms with Crippen LogP contribution in [0.15, 0.2) is 48.5 Å². The first-order chi connectivity index (χ1) is 13.1. The van der Waals surface area contributed by atoms with Gasteiger partial charge in [0.2, 0.25) is 0 Å². The maximum Gasteiger partial charge on any atom is 0.410 e. The maximum atomic E-state index is 12.7. The van der Waals surface area contributed by atoms with Gasteiger partial charge >= 0.3 is 6.09 Å². The number of phenols is 1. The molecule has 1 aliphatic heterocycles. The van der Waals surface area contributed by atoms with Crippen molar-refractivity contribution < 1.29 is 24.2 Å². The van der Waals surface area contributed by atoms with Crippen LogP contribution in [0.25, 0.3) is 0 Å². The molecule has 1 heterocycles. The number of amides is 1. The summed E-state index contributed by atoms with van der Waals surface area (Å²) in [7, 11) is 1.50. The van der Waals surface area contributed by atoms with Crippen molar-refractivity contribution in [3.8, 4) is 11.5 Å². The van der Waals surface area contributed by atoms with Crippen molar-refractivity contribution >= 4 is 11.9 Å². The highest BCUT2D eigenvalue weighted by Crippen LogP contribution is 2.29. The number of rotatable bonds is 5. The zero-order chi connectivity index (χ0) is 19.2. The van der Waals surface area contributed by atoms with E-state index in [0.717, 1.165) is 5.56 Å². The zero-order valence-electron chi connectivity index (χ0n) is 15.3. The number of nitrogens with zero attached hydrogens (tertiary/aromatic N) is 1. The number of ketones is 1. The molecule has 1 fully saturated rings. The molecule has 6 heteroatoms. The van der Waals surface area contributed by atoms with Crippen molar-refractivity contribution in [3.05, 3.63) is 59.7 Å². The van der Waals surface area contributed by atoms with Gasteiger partial charge < -0.3 is 19.5 Å². The molecule has 1 amide bonds. The van der Waals surface area contributed by atoms with Gasteiger partial charge in [0, 0.05) is 25.1 Å². The summed E-state index contributed by atoms with van der Waals surface area (Å²) in [5, 5.41) is 10.1. The van der Waals surface area contributed by atoms with E-state index in [0.29, 0.717) is 37.2 Å². The largest absolute Gasteiger partial charge is 0.507 e. The summed E-state index contributed by atoms with van der Waals surface area (Å²) in [6.07, 6.45) is 0.729. The Labute approximate surface area is 158 Å². The van der Waals surface area contributed by atoms with Crippen LogP contribution in [0.1, 0.15) is 28.8 Å². The Hall–Kier alpha value is -3.02. The van der Waals surface area contributed by atoms with Gasteiger partial charge in [0.15, 0.2) is 5.78 Å². The molecule has 0 saturated carbocycles. The number of hydrogen-bond acceptors (Lipinski definition) is 5. The summed E-state index contributed by atoms with van der Waals surface area (Å²) in [5.41, 5.74) is 1.23. The van der Waals surface area contributed by atoms with Crippen LogP contribution in [0, 0.1) is 5.92 Å². The van der Waals surface area contributed by atoms with E-state index in [1.165, 1.54) is 13.2 Å². The number of ether oxygens (including phenoxy) is 2. The molecule has 3 rings (SSSR count). The van der Waals surface area contributed by atoms with Crippen molar-refractivity contribution in [2.45, 2.75) is 19.4 Å². The normalized spacial score (nSPS) is 14.6. The average Bonchev–Trinajstić information content (AvgIpc) is 2.72. The van der Waals surface area contributed by atoms with Crippen molar-refractivity contribution in [2.24, 2.45) is 5.92 Å². The second-order valence-corrected chi connectivity index (χ2v) is 6.55. The van der Waals surface area contributed by atoms with Crippen molar-refractivity contribution in [1.82, 2.24) is 4.90 Å². The SMILES string of the molecule is COc1ccc(C(=O)C2CCN(C(=O)OCc3ccccc3)CC2)c(O)c1. The number of piperidine rings is 1. The summed E-state index contributed by atoms with van der Waals surface area (Å²) >= 11 is 0. The topological polar surface area (TPSA) is 76.1 Å².